The van der Waals surface area contributed by atoms with Crippen LogP contribution in [0.2, 0.25) is 0 Å². The van der Waals surface area contributed by atoms with Gasteiger partial charge in [-0.3, -0.25) is 4.98 Å². The molecule has 1 aliphatic rings. The predicted octanol–water partition coefficient (Wildman–Crippen LogP) is 2.65. The summed E-state index contributed by atoms with van der Waals surface area (Å²) < 4.78 is 5.57. The van der Waals surface area contributed by atoms with Gasteiger partial charge in [0.25, 0.3) is 0 Å². The monoisotopic (exact) mass is 257 g/mol. The Kier molecular flexibility index (Phi) is 3.25. The van der Waals surface area contributed by atoms with E-state index in [0.29, 0.717) is 12.0 Å². The Balaban J connectivity index is 1.79. The van der Waals surface area contributed by atoms with E-state index in [1.807, 2.05) is 18.3 Å². The number of benzene rings is 1. The molecule has 1 aromatic carbocycles. The SMILES string of the molecule is CC1OCCC1CNc1ccc2cnccc2c1N. The highest BCUT2D eigenvalue weighted by Crippen LogP contribution is 2.29. The number of aromatic nitrogens is 1. The van der Waals surface area contributed by atoms with E-state index >= 15 is 0 Å². The zero-order chi connectivity index (χ0) is 13.2. The molecule has 0 amide bonds. The second-order valence-electron chi connectivity index (χ2n) is 5.13. The molecule has 2 atom stereocenters. The highest BCUT2D eigenvalue weighted by molar-refractivity contribution is 5.98. The van der Waals surface area contributed by atoms with Crippen LogP contribution in [-0.4, -0.2) is 24.2 Å². The van der Waals surface area contributed by atoms with E-state index in [-0.39, 0.29) is 0 Å². The molecule has 0 bridgehead atoms. The fourth-order valence-corrected chi connectivity index (χ4v) is 2.63. The molecule has 1 fully saturated rings. The maximum atomic E-state index is 6.22. The molecule has 2 heterocycles. The summed E-state index contributed by atoms with van der Waals surface area (Å²) in [6, 6.07) is 6.03. The lowest BCUT2D eigenvalue weighted by Crippen LogP contribution is -2.21. The fourth-order valence-electron chi connectivity index (χ4n) is 2.63. The molecule has 1 aromatic heterocycles. The molecule has 1 aliphatic heterocycles. The van der Waals surface area contributed by atoms with Gasteiger partial charge in [-0.25, -0.2) is 0 Å². The number of nitrogen functional groups attached to an aromatic ring is 1. The summed E-state index contributed by atoms with van der Waals surface area (Å²) in [5.41, 5.74) is 8.01. The molecule has 0 aliphatic carbocycles. The molecule has 3 N–H and O–H groups in total. The van der Waals surface area contributed by atoms with Gasteiger partial charge in [0.1, 0.15) is 0 Å². The number of rotatable bonds is 3. The van der Waals surface area contributed by atoms with Crippen LogP contribution in [0.25, 0.3) is 10.8 Å². The lowest BCUT2D eigenvalue weighted by molar-refractivity contribution is 0.108. The average Bonchev–Trinajstić information content (AvgIpc) is 2.84. The van der Waals surface area contributed by atoms with Crippen LogP contribution >= 0.6 is 0 Å². The second kappa shape index (κ2) is 5.05. The van der Waals surface area contributed by atoms with Gasteiger partial charge in [0.2, 0.25) is 0 Å². The first-order chi connectivity index (χ1) is 9.25. The number of nitrogens with zero attached hydrogens (tertiary/aromatic N) is 1. The summed E-state index contributed by atoms with van der Waals surface area (Å²) >= 11 is 0. The van der Waals surface area contributed by atoms with Crippen LogP contribution in [-0.2, 0) is 4.74 Å². The van der Waals surface area contributed by atoms with Gasteiger partial charge < -0.3 is 15.8 Å². The molecule has 4 nitrogen and oxygen atoms in total. The normalized spacial score (nSPS) is 22.8. The van der Waals surface area contributed by atoms with Crippen LogP contribution in [0.15, 0.2) is 30.6 Å². The first-order valence-corrected chi connectivity index (χ1v) is 6.73. The summed E-state index contributed by atoms with van der Waals surface area (Å²) in [4.78, 5) is 4.11. The highest BCUT2D eigenvalue weighted by Gasteiger charge is 2.23. The van der Waals surface area contributed by atoms with E-state index in [0.717, 1.165) is 41.7 Å². The Hall–Kier alpha value is -1.81. The van der Waals surface area contributed by atoms with Crippen molar-refractivity contribution >= 4 is 22.1 Å². The van der Waals surface area contributed by atoms with Crippen molar-refractivity contribution in [2.45, 2.75) is 19.4 Å². The van der Waals surface area contributed by atoms with Crippen LogP contribution in [0, 0.1) is 5.92 Å². The van der Waals surface area contributed by atoms with Gasteiger partial charge >= 0.3 is 0 Å². The Bertz CT molecular complexity index is 585. The van der Waals surface area contributed by atoms with Crippen molar-refractivity contribution in [3.63, 3.8) is 0 Å². The molecule has 4 heteroatoms. The van der Waals surface area contributed by atoms with Crippen LogP contribution in [0.3, 0.4) is 0 Å². The number of hydrogen-bond donors (Lipinski definition) is 2. The van der Waals surface area contributed by atoms with Gasteiger partial charge in [0.05, 0.1) is 17.5 Å². The maximum Gasteiger partial charge on any atom is 0.0630 e. The molecular weight excluding hydrogens is 238 g/mol. The topological polar surface area (TPSA) is 60.2 Å². The zero-order valence-electron chi connectivity index (χ0n) is 11.1. The van der Waals surface area contributed by atoms with E-state index in [2.05, 4.69) is 23.3 Å². The molecule has 0 saturated carbocycles. The standard InChI is InChI=1S/C15H19N3O/c1-10-11(5-7-19-10)9-18-14-3-2-12-8-17-6-4-13(12)15(14)16/h2-4,6,8,10-11,18H,5,7,9,16H2,1H3. The molecule has 2 aromatic rings. The lowest BCUT2D eigenvalue weighted by atomic mass is 10.0. The predicted molar refractivity (Wildman–Crippen MR) is 78.2 cm³/mol. The van der Waals surface area contributed by atoms with Crippen molar-refractivity contribution in [1.82, 2.24) is 4.98 Å². The average molecular weight is 257 g/mol. The van der Waals surface area contributed by atoms with Gasteiger partial charge in [-0.1, -0.05) is 6.07 Å². The van der Waals surface area contributed by atoms with Crippen LogP contribution in [0.1, 0.15) is 13.3 Å². The molecule has 19 heavy (non-hydrogen) atoms. The first kappa shape index (κ1) is 12.2. The maximum absolute atomic E-state index is 6.22. The minimum atomic E-state index is 0.332. The zero-order valence-corrected chi connectivity index (χ0v) is 11.1. The van der Waals surface area contributed by atoms with E-state index in [4.69, 9.17) is 10.5 Å². The second-order valence-corrected chi connectivity index (χ2v) is 5.13. The Labute approximate surface area is 113 Å². The summed E-state index contributed by atoms with van der Waals surface area (Å²) in [6.07, 6.45) is 5.06. The van der Waals surface area contributed by atoms with Gasteiger partial charge in [-0.05, 0) is 25.5 Å². The third-order valence-corrected chi connectivity index (χ3v) is 3.95. The van der Waals surface area contributed by atoms with Crippen molar-refractivity contribution in [3.05, 3.63) is 30.6 Å². The Morgan fingerprint density at radius 2 is 2.32 bits per heavy atom. The summed E-state index contributed by atoms with van der Waals surface area (Å²) in [5, 5.41) is 5.58. The van der Waals surface area contributed by atoms with Crippen LogP contribution in [0.4, 0.5) is 11.4 Å². The number of fused-ring (bicyclic) bond motifs is 1. The van der Waals surface area contributed by atoms with Crippen molar-refractivity contribution in [2.75, 3.05) is 24.2 Å². The largest absolute Gasteiger partial charge is 0.397 e. The van der Waals surface area contributed by atoms with Crippen molar-refractivity contribution in [1.29, 1.82) is 0 Å². The van der Waals surface area contributed by atoms with E-state index in [1.54, 1.807) is 6.20 Å². The van der Waals surface area contributed by atoms with Crippen molar-refractivity contribution in [2.24, 2.45) is 5.92 Å². The van der Waals surface area contributed by atoms with Gasteiger partial charge in [0.15, 0.2) is 0 Å². The number of nitrogens with two attached hydrogens (primary N) is 1. The number of hydrogen-bond acceptors (Lipinski definition) is 4. The minimum Gasteiger partial charge on any atom is -0.397 e. The molecule has 2 unspecified atom stereocenters. The van der Waals surface area contributed by atoms with Gasteiger partial charge in [0, 0.05) is 42.2 Å². The molecular formula is C15H19N3O. The van der Waals surface area contributed by atoms with Gasteiger partial charge in [-0.15, -0.1) is 0 Å². The summed E-state index contributed by atoms with van der Waals surface area (Å²) in [5.74, 6) is 0.563. The number of nitrogens with one attached hydrogen (secondary N) is 1. The Morgan fingerprint density at radius 3 is 3.11 bits per heavy atom. The van der Waals surface area contributed by atoms with E-state index in [1.165, 1.54) is 0 Å². The van der Waals surface area contributed by atoms with Gasteiger partial charge in [-0.2, -0.15) is 0 Å². The van der Waals surface area contributed by atoms with E-state index in [9.17, 15) is 0 Å². The smallest absolute Gasteiger partial charge is 0.0630 e. The first-order valence-electron chi connectivity index (χ1n) is 6.73. The molecule has 0 spiro atoms. The fraction of sp³-hybridized carbons (Fsp3) is 0.400. The summed E-state index contributed by atoms with van der Waals surface area (Å²) in [7, 11) is 0. The quantitative estimate of drug-likeness (QED) is 0.830. The Morgan fingerprint density at radius 1 is 1.42 bits per heavy atom. The third kappa shape index (κ3) is 2.36. The van der Waals surface area contributed by atoms with E-state index < -0.39 is 0 Å². The molecule has 100 valence electrons. The highest BCUT2D eigenvalue weighted by atomic mass is 16.5. The molecule has 0 radical (unpaired) electrons. The number of pyridine rings is 1. The molecule has 3 rings (SSSR count). The van der Waals surface area contributed by atoms with Crippen molar-refractivity contribution in [3.8, 4) is 0 Å². The third-order valence-electron chi connectivity index (χ3n) is 3.95. The molecule has 1 saturated heterocycles. The lowest BCUT2D eigenvalue weighted by Gasteiger charge is -2.17. The van der Waals surface area contributed by atoms with Crippen LogP contribution < -0.4 is 11.1 Å². The summed E-state index contributed by atoms with van der Waals surface area (Å²) in [6.45, 7) is 3.91. The van der Waals surface area contributed by atoms with Crippen LogP contribution in [0.5, 0.6) is 0 Å². The van der Waals surface area contributed by atoms with Crippen molar-refractivity contribution < 1.29 is 4.74 Å². The minimum absolute atomic E-state index is 0.332. The number of ether oxygens (including phenoxy) is 1. The number of anilines is 2.